The van der Waals surface area contributed by atoms with Gasteiger partial charge >= 0.3 is 0 Å². The number of rotatable bonds is 8. The number of ether oxygens (including phenoxy) is 2. The quantitative estimate of drug-likeness (QED) is 0.663. The average Bonchev–Trinajstić information content (AvgIpc) is 2.75. The SMILES string of the molecule is CCCCNC(=O)[C@@H]1OC(C)(C)O[C@H]1C(=O)NCCCC. The number of nitrogens with one attached hydrogen (secondary N) is 2. The maximum absolute atomic E-state index is 12.2. The van der Waals surface area contributed by atoms with Crippen LogP contribution in [0.5, 0.6) is 0 Å². The van der Waals surface area contributed by atoms with Crippen molar-refractivity contribution in [3.8, 4) is 0 Å². The monoisotopic (exact) mass is 300 g/mol. The van der Waals surface area contributed by atoms with Gasteiger partial charge in [0.2, 0.25) is 0 Å². The van der Waals surface area contributed by atoms with E-state index >= 15 is 0 Å². The van der Waals surface area contributed by atoms with E-state index in [2.05, 4.69) is 24.5 Å². The van der Waals surface area contributed by atoms with Gasteiger partial charge < -0.3 is 20.1 Å². The van der Waals surface area contributed by atoms with Crippen molar-refractivity contribution >= 4 is 11.8 Å². The van der Waals surface area contributed by atoms with E-state index < -0.39 is 18.0 Å². The fourth-order valence-corrected chi connectivity index (χ4v) is 2.12. The van der Waals surface area contributed by atoms with Crippen molar-refractivity contribution in [2.24, 2.45) is 0 Å². The van der Waals surface area contributed by atoms with Gasteiger partial charge in [0.1, 0.15) is 0 Å². The van der Waals surface area contributed by atoms with Gasteiger partial charge in [-0.3, -0.25) is 9.59 Å². The molecule has 0 unspecified atom stereocenters. The summed E-state index contributed by atoms with van der Waals surface area (Å²) in [5.41, 5.74) is 0. The van der Waals surface area contributed by atoms with E-state index in [1.54, 1.807) is 13.8 Å². The van der Waals surface area contributed by atoms with Crippen molar-refractivity contribution < 1.29 is 19.1 Å². The van der Waals surface area contributed by atoms with Crippen LogP contribution in [-0.4, -0.2) is 42.9 Å². The Hall–Kier alpha value is -1.14. The predicted octanol–water partition coefficient (Wildman–Crippen LogP) is 1.34. The minimum atomic E-state index is -0.931. The summed E-state index contributed by atoms with van der Waals surface area (Å²) in [7, 11) is 0. The molecule has 0 aromatic rings. The van der Waals surface area contributed by atoms with Crippen molar-refractivity contribution in [1.82, 2.24) is 10.6 Å². The molecule has 0 spiro atoms. The van der Waals surface area contributed by atoms with Crippen LogP contribution in [0.25, 0.3) is 0 Å². The summed E-state index contributed by atoms with van der Waals surface area (Å²) in [6.45, 7) is 8.68. The zero-order valence-electron chi connectivity index (χ0n) is 13.5. The third-order valence-corrected chi connectivity index (χ3v) is 3.27. The second-order valence-electron chi connectivity index (χ2n) is 5.77. The Morgan fingerprint density at radius 1 is 0.905 bits per heavy atom. The van der Waals surface area contributed by atoms with E-state index in [4.69, 9.17) is 9.47 Å². The topological polar surface area (TPSA) is 76.7 Å². The number of carbonyl (C=O) groups excluding carboxylic acids is 2. The smallest absolute Gasteiger partial charge is 0.252 e. The molecular weight excluding hydrogens is 272 g/mol. The molecule has 6 nitrogen and oxygen atoms in total. The van der Waals surface area contributed by atoms with Crippen LogP contribution in [0.3, 0.4) is 0 Å². The Morgan fingerprint density at radius 3 is 1.62 bits per heavy atom. The maximum Gasteiger partial charge on any atom is 0.252 e. The molecule has 0 aliphatic carbocycles. The number of hydrogen-bond donors (Lipinski definition) is 2. The molecule has 6 heteroatoms. The van der Waals surface area contributed by atoms with Gasteiger partial charge in [0, 0.05) is 13.1 Å². The molecule has 0 aromatic heterocycles. The summed E-state index contributed by atoms with van der Waals surface area (Å²) in [5.74, 6) is -1.51. The van der Waals surface area contributed by atoms with Crippen LogP contribution in [0.2, 0.25) is 0 Å². The van der Waals surface area contributed by atoms with Gasteiger partial charge in [-0.25, -0.2) is 0 Å². The largest absolute Gasteiger partial charge is 0.354 e. The second kappa shape index (κ2) is 8.34. The third kappa shape index (κ3) is 5.63. The highest BCUT2D eigenvalue weighted by Crippen LogP contribution is 2.28. The molecule has 1 fully saturated rings. The minimum Gasteiger partial charge on any atom is -0.354 e. The van der Waals surface area contributed by atoms with Gasteiger partial charge in [0.05, 0.1) is 0 Å². The molecule has 1 aliphatic heterocycles. The molecule has 2 atom stereocenters. The first-order valence-electron chi connectivity index (χ1n) is 7.82. The van der Waals surface area contributed by atoms with Gasteiger partial charge in [-0.05, 0) is 26.7 Å². The van der Waals surface area contributed by atoms with Crippen LogP contribution >= 0.6 is 0 Å². The average molecular weight is 300 g/mol. The Bertz CT molecular complexity index is 326. The lowest BCUT2D eigenvalue weighted by atomic mass is 10.1. The van der Waals surface area contributed by atoms with E-state index in [0.29, 0.717) is 13.1 Å². The van der Waals surface area contributed by atoms with Crippen molar-refractivity contribution in [2.75, 3.05) is 13.1 Å². The summed E-state index contributed by atoms with van der Waals surface area (Å²) in [5, 5.41) is 5.58. The minimum absolute atomic E-state index is 0.287. The first kappa shape index (κ1) is 17.9. The molecule has 122 valence electrons. The molecule has 2 N–H and O–H groups in total. The van der Waals surface area contributed by atoms with E-state index in [1.165, 1.54) is 0 Å². The fraction of sp³-hybridized carbons (Fsp3) is 0.867. The Labute approximate surface area is 126 Å². The Kier molecular flexibility index (Phi) is 7.11. The Balaban J connectivity index is 2.61. The van der Waals surface area contributed by atoms with Gasteiger partial charge in [0.15, 0.2) is 18.0 Å². The molecule has 1 heterocycles. The van der Waals surface area contributed by atoms with Gasteiger partial charge in [-0.15, -0.1) is 0 Å². The van der Waals surface area contributed by atoms with E-state index in [1.807, 2.05) is 0 Å². The maximum atomic E-state index is 12.2. The second-order valence-corrected chi connectivity index (χ2v) is 5.77. The highest BCUT2D eigenvalue weighted by atomic mass is 16.8. The number of carbonyl (C=O) groups is 2. The van der Waals surface area contributed by atoms with Crippen molar-refractivity contribution in [2.45, 2.75) is 71.4 Å². The lowest BCUT2D eigenvalue weighted by Crippen LogP contribution is -2.48. The summed E-state index contributed by atoms with van der Waals surface area (Å²) >= 11 is 0. The molecular formula is C15H28N2O4. The normalized spacial score (nSPS) is 23.8. The molecule has 0 radical (unpaired) electrons. The molecule has 2 amide bonds. The molecule has 1 saturated heterocycles. The lowest BCUT2D eigenvalue weighted by Gasteiger charge is -2.16. The number of hydrogen-bond acceptors (Lipinski definition) is 4. The van der Waals surface area contributed by atoms with E-state index in [9.17, 15) is 9.59 Å². The van der Waals surface area contributed by atoms with Crippen molar-refractivity contribution in [3.63, 3.8) is 0 Å². The summed E-state index contributed by atoms with van der Waals surface area (Å²) < 4.78 is 11.2. The summed E-state index contributed by atoms with van der Waals surface area (Å²) in [6.07, 6.45) is 2.01. The zero-order chi connectivity index (χ0) is 15.9. The van der Waals surface area contributed by atoms with Crippen LogP contribution in [-0.2, 0) is 19.1 Å². The predicted molar refractivity (Wildman–Crippen MR) is 79.7 cm³/mol. The van der Waals surface area contributed by atoms with Crippen LogP contribution < -0.4 is 10.6 Å². The van der Waals surface area contributed by atoms with Crippen LogP contribution in [0.1, 0.15) is 53.4 Å². The molecule has 1 aliphatic rings. The highest BCUT2D eigenvalue weighted by molar-refractivity contribution is 5.91. The summed E-state index contributed by atoms with van der Waals surface area (Å²) in [4.78, 5) is 24.3. The standard InChI is InChI=1S/C15H28N2O4/c1-5-7-9-16-13(18)11-12(21-15(3,4)20-11)14(19)17-10-8-6-2/h11-12H,5-10H2,1-4H3,(H,16,18)(H,17,19)/t11-,12-/m1/s1. The zero-order valence-corrected chi connectivity index (χ0v) is 13.5. The third-order valence-electron chi connectivity index (χ3n) is 3.27. The van der Waals surface area contributed by atoms with E-state index in [-0.39, 0.29) is 11.8 Å². The van der Waals surface area contributed by atoms with Gasteiger partial charge in [0.25, 0.3) is 11.8 Å². The van der Waals surface area contributed by atoms with E-state index in [0.717, 1.165) is 25.7 Å². The first-order valence-corrected chi connectivity index (χ1v) is 7.82. The Morgan fingerprint density at radius 2 is 1.29 bits per heavy atom. The fourth-order valence-electron chi connectivity index (χ4n) is 2.12. The highest BCUT2D eigenvalue weighted by Gasteiger charge is 2.48. The number of amides is 2. The lowest BCUT2D eigenvalue weighted by molar-refractivity contribution is -0.159. The molecule has 0 bridgehead atoms. The molecule has 21 heavy (non-hydrogen) atoms. The van der Waals surface area contributed by atoms with Crippen LogP contribution in [0.4, 0.5) is 0 Å². The van der Waals surface area contributed by atoms with Crippen molar-refractivity contribution in [1.29, 1.82) is 0 Å². The van der Waals surface area contributed by atoms with Gasteiger partial charge in [-0.1, -0.05) is 26.7 Å². The molecule has 1 rings (SSSR count). The molecule has 0 saturated carbocycles. The van der Waals surface area contributed by atoms with Crippen LogP contribution in [0, 0.1) is 0 Å². The summed E-state index contributed by atoms with van der Waals surface area (Å²) in [6, 6.07) is 0. The molecule has 0 aromatic carbocycles. The number of unbranched alkanes of at least 4 members (excludes halogenated alkanes) is 2. The first-order chi connectivity index (χ1) is 9.91. The van der Waals surface area contributed by atoms with Gasteiger partial charge in [-0.2, -0.15) is 0 Å². The van der Waals surface area contributed by atoms with Crippen LogP contribution in [0.15, 0.2) is 0 Å². The van der Waals surface area contributed by atoms with Crippen molar-refractivity contribution in [3.05, 3.63) is 0 Å².